The summed E-state index contributed by atoms with van der Waals surface area (Å²) < 4.78 is 5.52. The number of hydrogen-bond donors (Lipinski definition) is 1. The molecule has 0 aliphatic rings. The molecule has 16 heavy (non-hydrogen) atoms. The fourth-order valence-corrected chi connectivity index (χ4v) is 2.16. The van der Waals surface area contributed by atoms with Gasteiger partial charge in [-0.1, -0.05) is 6.92 Å². The Labute approximate surface area is 102 Å². The van der Waals surface area contributed by atoms with Crippen molar-refractivity contribution in [3.63, 3.8) is 0 Å². The molecule has 4 heteroatoms. The molecule has 0 fully saturated rings. The SMILES string of the molecule is CCOC(C)c1nc(CNC(C)CC)cs1. The summed E-state index contributed by atoms with van der Waals surface area (Å²) in [5, 5.41) is 6.62. The molecule has 1 aromatic rings. The smallest absolute Gasteiger partial charge is 0.122 e. The van der Waals surface area contributed by atoms with Gasteiger partial charge in [-0.15, -0.1) is 11.3 Å². The highest BCUT2D eigenvalue weighted by Gasteiger charge is 2.10. The Balaban J connectivity index is 2.45. The van der Waals surface area contributed by atoms with Gasteiger partial charge in [0, 0.05) is 24.6 Å². The van der Waals surface area contributed by atoms with Crippen LogP contribution in [0.15, 0.2) is 5.38 Å². The number of nitrogens with zero attached hydrogens (tertiary/aromatic N) is 1. The van der Waals surface area contributed by atoms with Crippen LogP contribution in [0.3, 0.4) is 0 Å². The highest BCUT2D eigenvalue weighted by Crippen LogP contribution is 2.20. The normalized spacial score (nSPS) is 15.0. The molecule has 0 aliphatic carbocycles. The van der Waals surface area contributed by atoms with Crippen molar-refractivity contribution < 1.29 is 4.74 Å². The quantitative estimate of drug-likeness (QED) is 0.797. The van der Waals surface area contributed by atoms with E-state index in [0.29, 0.717) is 6.04 Å². The van der Waals surface area contributed by atoms with Crippen molar-refractivity contribution in [2.45, 2.75) is 52.8 Å². The summed E-state index contributed by atoms with van der Waals surface area (Å²) in [7, 11) is 0. The van der Waals surface area contributed by atoms with Crippen molar-refractivity contribution in [3.05, 3.63) is 16.1 Å². The molecule has 1 heterocycles. The topological polar surface area (TPSA) is 34.1 Å². The molecule has 1 aromatic heterocycles. The number of hydrogen-bond acceptors (Lipinski definition) is 4. The number of aromatic nitrogens is 1. The first-order chi connectivity index (χ1) is 7.67. The maximum Gasteiger partial charge on any atom is 0.122 e. The lowest BCUT2D eigenvalue weighted by atomic mass is 10.2. The fraction of sp³-hybridized carbons (Fsp3) is 0.750. The van der Waals surface area contributed by atoms with Crippen molar-refractivity contribution >= 4 is 11.3 Å². The molecule has 92 valence electrons. The molecule has 0 aliphatic heterocycles. The molecule has 0 radical (unpaired) electrons. The number of nitrogens with one attached hydrogen (secondary N) is 1. The van der Waals surface area contributed by atoms with Crippen LogP contribution < -0.4 is 5.32 Å². The first kappa shape index (κ1) is 13.6. The molecule has 0 bridgehead atoms. The second kappa shape index (κ2) is 6.99. The van der Waals surface area contributed by atoms with E-state index in [0.717, 1.165) is 30.3 Å². The first-order valence-corrected chi connectivity index (χ1v) is 6.84. The van der Waals surface area contributed by atoms with Crippen LogP contribution in [0.25, 0.3) is 0 Å². The Hall–Kier alpha value is -0.450. The standard InChI is InChI=1S/C12H22N2OS/c1-5-9(3)13-7-11-8-16-12(14-11)10(4)15-6-2/h8-10,13H,5-7H2,1-4H3. The van der Waals surface area contributed by atoms with Gasteiger partial charge in [-0.05, 0) is 27.2 Å². The van der Waals surface area contributed by atoms with Crippen LogP contribution in [0.1, 0.15) is 50.9 Å². The Morgan fingerprint density at radius 1 is 1.44 bits per heavy atom. The molecule has 1 rings (SSSR count). The third-order valence-corrected chi connectivity index (χ3v) is 3.63. The Morgan fingerprint density at radius 3 is 2.81 bits per heavy atom. The largest absolute Gasteiger partial charge is 0.372 e. The molecule has 0 saturated heterocycles. The summed E-state index contributed by atoms with van der Waals surface area (Å²) in [4.78, 5) is 4.57. The monoisotopic (exact) mass is 242 g/mol. The highest BCUT2D eigenvalue weighted by molar-refractivity contribution is 7.09. The van der Waals surface area contributed by atoms with Gasteiger partial charge in [-0.2, -0.15) is 0 Å². The summed E-state index contributed by atoms with van der Waals surface area (Å²) in [5.41, 5.74) is 1.12. The Bertz CT molecular complexity index is 301. The maximum atomic E-state index is 5.52. The lowest BCUT2D eigenvalue weighted by Crippen LogP contribution is -2.24. The second-order valence-electron chi connectivity index (χ2n) is 3.96. The Kier molecular flexibility index (Phi) is 5.95. The third-order valence-electron chi connectivity index (χ3n) is 2.58. The predicted octanol–water partition coefficient (Wildman–Crippen LogP) is 3.13. The van der Waals surface area contributed by atoms with E-state index in [1.165, 1.54) is 0 Å². The van der Waals surface area contributed by atoms with Crippen LogP contribution in [0.4, 0.5) is 0 Å². The zero-order valence-corrected chi connectivity index (χ0v) is 11.4. The van der Waals surface area contributed by atoms with Crippen molar-refractivity contribution in [1.82, 2.24) is 10.3 Å². The predicted molar refractivity (Wildman–Crippen MR) is 68.7 cm³/mol. The second-order valence-corrected chi connectivity index (χ2v) is 4.85. The lowest BCUT2D eigenvalue weighted by Gasteiger charge is -2.09. The van der Waals surface area contributed by atoms with Gasteiger partial charge >= 0.3 is 0 Å². The van der Waals surface area contributed by atoms with Crippen LogP contribution in [0, 0.1) is 0 Å². The minimum absolute atomic E-state index is 0.118. The number of rotatable bonds is 7. The van der Waals surface area contributed by atoms with Gasteiger partial charge in [0.15, 0.2) is 0 Å². The molecule has 0 saturated carbocycles. The summed E-state index contributed by atoms with van der Waals surface area (Å²) in [6.45, 7) is 10.0. The van der Waals surface area contributed by atoms with Gasteiger partial charge in [-0.3, -0.25) is 0 Å². The molecule has 0 amide bonds. The lowest BCUT2D eigenvalue weighted by molar-refractivity contribution is 0.0761. The zero-order chi connectivity index (χ0) is 12.0. The van der Waals surface area contributed by atoms with Crippen molar-refractivity contribution in [2.75, 3.05) is 6.61 Å². The summed E-state index contributed by atoms with van der Waals surface area (Å²) in [6.07, 6.45) is 1.26. The molecular weight excluding hydrogens is 220 g/mol. The molecule has 0 spiro atoms. The van der Waals surface area contributed by atoms with Gasteiger partial charge < -0.3 is 10.1 Å². The average molecular weight is 242 g/mol. The van der Waals surface area contributed by atoms with E-state index in [2.05, 4.69) is 29.5 Å². The highest BCUT2D eigenvalue weighted by atomic mass is 32.1. The molecule has 2 unspecified atom stereocenters. The summed E-state index contributed by atoms with van der Waals surface area (Å²) in [6, 6.07) is 0.550. The van der Waals surface area contributed by atoms with E-state index in [1.807, 2.05) is 13.8 Å². The van der Waals surface area contributed by atoms with E-state index >= 15 is 0 Å². The molecule has 3 nitrogen and oxygen atoms in total. The summed E-state index contributed by atoms with van der Waals surface area (Å²) in [5.74, 6) is 0. The van der Waals surface area contributed by atoms with Crippen LogP contribution in [-0.2, 0) is 11.3 Å². The van der Waals surface area contributed by atoms with Crippen molar-refractivity contribution in [1.29, 1.82) is 0 Å². The summed E-state index contributed by atoms with van der Waals surface area (Å²) >= 11 is 1.68. The van der Waals surface area contributed by atoms with E-state index < -0.39 is 0 Å². The van der Waals surface area contributed by atoms with E-state index in [-0.39, 0.29) is 6.10 Å². The van der Waals surface area contributed by atoms with Crippen LogP contribution >= 0.6 is 11.3 Å². The minimum atomic E-state index is 0.118. The molecular formula is C12H22N2OS. The van der Waals surface area contributed by atoms with Gasteiger partial charge in [0.2, 0.25) is 0 Å². The van der Waals surface area contributed by atoms with Gasteiger partial charge in [0.25, 0.3) is 0 Å². The van der Waals surface area contributed by atoms with Crippen molar-refractivity contribution in [3.8, 4) is 0 Å². The molecule has 1 N–H and O–H groups in total. The van der Waals surface area contributed by atoms with E-state index in [9.17, 15) is 0 Å². The zero-order valence-electron chi connectivity index (χ0n) is 10.6. The van der Waals surface area contributed by atoms with Crippen LogP contribution in [0.2, 0.25) is 0 Å². The first-order valence-electron chi connectivity index (χ1n) is 5.96. The number of thiazole rings is 1. The average Bonchev–Trinajstić information content (AvgIpc) is 2.75. The van der Waals surface area contributed by atoms with E-state index in [1.54, 1.807) is 11.3 Å². The molecule has 0 aromatic carbocycles. The Morgan fingerprint density at radius 2 is 2.19 bits per heavy atom. The third kappa shape index (κ3) is 4.20. The van der Waals surface area contributed by atoms with Gasteiger partial charge in [-0.25, -0.2) is 4.98 Å². The number of ether oxygens (including phenoxy) is 1. The molecule has 2 atom stereocenters. The van der Waals surface area contributed by atoms with Crippen LogP contribution in [-0.4, -0.2) is 17.6 Å². The van der Waals surface area contributed by atoms with E-state index in [4.69, 9.17) is 4.74 Å². The van der Waals surface area contributed by atoms with Gasteiger partial charge in [0.05, 0.1) is 5.69 Å². The van der Waals surface area contributed by atoms with Crippen LogP contribution in [0.5, 0.6) is 0 Å². The minimum Gasteiger partial charge on any atom is -0.372 e. The maximum absolute atomic E-state index is 5.52. The van der Waals surface area contributed by atoms with Gasteiger partial charge in [0.1, 0.15) is 11.1 Å². The van der Waals surface area contributed by atoms with Crippen molar-refractivity contribution in [2.24, 2.45) is 0 Å². The fourth-order valence-electron chi connectivity index (χ4n) is 1.33.